The SMILES string of the molecule is Cc1cc(/C=C/C(=O)O)cnc1Oc1cccnc1. The van der Waals surface area contributed by atoms with E-state index in [1.54, 1.807) is 36.8 Å². The summed E-state index contributed by atoms with van der Waals surface area (Å²) in [6.45, 7) is 1.84. The van der Waals surface area contributed by atoms with Gasteiger partial charge in [0, 0.05) is 24.0 Å². The van der Waals surface area contributed by atoms with Crippen molar-refractivity contribution in [2.75, 3.05) is 0 Å². The zero-order chi connectivity index (χ0) is 13.7. The molecule has 0 aliphatic carbocycles. The van der Waals surface area contributed by atoms with Gasteiger partial charge in [0.1, 0.15) is 5.75 Å². The van der Waals surface area contributed by atoms with E-state index in [-0.39, 0.29) is 0 Å². The lowest BCUT2D eigenvalue weighted by Crippen LogP contribution is -1.93. The van der Waals surface area contributed by atoms with Crippen LogP contribution in [-0.2, 0) is 4.79 Å². The molecule has 0 bridgehead atoms. The first-order valence-electron chi connectivity index (χ1n) is 5.60. The van der Waals surface area contributed by atoms with Gasteiger partial charge in [0.25, 0.3) is 0 Å². The summed E-state index contributed by atoms with van der Waals surface area (Å²) in [5.74, 6) is 0.0840. The van der Waals surface area contributed by atoms with Gasteiger partial charge in [-0.15, -0.1) is 0 Å². The largest absolute Gasteiger partial charge is 0.478 e. The van der Waals surface area contributed by atoms with Crippen molar-refractivity contribution in [1.82, 2.24) is 9.97 Å². The van der Waals surface area contributed by atoms with Crippen molar-refractivity contribution in [3.63, 3.8) is 0 Å². The Hall–Kier alpha value is -2.69. The molecular formula is C14H12N2O3. The van der Waals surface area contributed by atoms with E-state index >= 15 is 0 Å². The minimum atomic E-state index is -0.992. The predicted molar refractivity (Wildman–Crippen MR) is 70.0 cm³/mol. The second-order valence-corrected chi connectivity index (χ2v) is 3.85. The molecule has 0 atom stereocenters. The highest BCUT2D eigenvalue weighted by Gasteiger charge is 2.03. The number of pyridine rings is 2. The lowest BCUT2D eigenvalue weighted by Gasteiger charge is -2.07. The monoisotopic (exact) mass is 256 g/mol. The normalized spacial score (nSPS) is 10.6. The van der Waals surface area contributed by atoms with Crippen LogP contribution in [0.2, 0.25) is 0 Å². The van der Waals surface area contributed by atoms with Crippen LogP contribution in [0.3, 0.4) is 0 Å². The summed E-state index contributed by atoms with van der Waals surface area (Å²) in [6.07, 6.45) is 7.36. The lowest BCUT2D eigenvalue weighted by atomic mass is 10.2. The molecule has 0 aliphatic rings. The maximum atomic E-state index is 10.4. The third kappa shape index (κ3) is 3.64. The van der Waals surface area contributed by atoms with Gasteiger partial charge < -0.3 is 9.84 Å². The highest BCUT2D eigenvalue weighted by atomic mass is 16.5. The molecule has 0 saturated heterocycles. The van der Waals surface area contributed by atoms with Crippen LogP contribution in [0.25, 0.3) is 6.08 Å². The number of nitrogens with zero attached hydrogens (tertiary/aromatic N) is 2. The lowest BCUT2D eigenvalue weighted by molar-refractivity contribution is -0.131. The molecule has 0 fully saturated rings. The summed E-state index contributed by atoms with van der Waals surface area (Å²) in [5.41, 5.74) is 1.52. The molecule has 2 aromatic rings. The molecule has 0 unspecified atom stereocenters. The number of rotatable bonds is 4. The molecule has 0 aliphatic heterocycles. The zero-order valence-electron chi connectivity index (χ0n) is 10.3. The highest BCUT2D eigenvalue weighted by Crippen LogP contribution is 2.22. The average molecular weight is 256 g/mol. The number of aliphatic carboxylic acids is 1. The average Bonchev–Trinajstić information content (AvgIpc) is 2.40. The molecule has 0 spiro atoms. The smallest absolute Gasteiger partial charge is 0.328 e. The van der Waals surface area contributed by atoms with Gasteiger partial charge in [-0.2, -0.15) is 0 Å². The van der Waals surface area contributed by atoms with E-state index in [2.05, 4.69) is 9.97 Å². The number of ether oxygens (including phenoxy) is 1. The summed E-state index contributed by atoms with van der Waals surface area (Å²) in [6, 6.07) is 5.36. The van der Waals surface area contributed by atoms with E-state index in [1.165, 1.54) is 6.08 Å². The summed E-state index contributed by atoms with van der Waals surface area (Å²) in [4.78, 5) is 18.5. The number of aromatic nitrogens is 2. The van der Waals surface area contributed by atoms with E-state index in [4.69, 9.17) is 9.84 Å². The van der Waals surface area contributed by atoms with Gasteiger partial charge in [0.15, 0.2) is 0 Å². The third-order valence-corrected chi connectivity index (χ3v) is 2.32. The minimum Gasteiger partial charge on any atom is -0.478 e. The van der Waals surface area contributed by atoms with Crippen LogP contribution in [0.5, 0.6) is 11.6 Å². The van der Waals surface area contributed by atoms with Crippen LogP contribution >= 0.6 is 0 Å². The first-order valence-corrected chi connectivity index (χ1v) is 5.60. The van der Waals surface area contributed by atoms with Crippen molar-refractivity contribution in [1.29, 1.82) is 0 Å². The highest BCUT2D eigenvalue weighted by molar-refractivity contribution is 5.85. The molecule has 0 amide bonds. The third-order valence-electron chi connectivity index (χ3n) is 2.32. The van der Waals surface area contributed by atoms with Crippen molar-refractivity contribution in [2.24, 2.45) is 0 Å². The molecule has 1 N–H and O–H groups in total. The van der Waals surface area contributed by atoms with E-state index in [1.807, 2.05) is 6.92 Å². The molecule has 19 heavy (non-hydrogen) atoms. The summed E-state index contributed by atoms with van der Waals surface area (Å²) in [5, 5.41) is 8.55. The number of hydrogen-bond acceptors (Lipinski definition) is 4. The number of aryl methyl sites for hydroxylation is 1. The van der Waals surface area contributed by atoms with Crippen LogP contribution in [-0.4, -0.2) is 21.0 Å². The van der Waals surface area contributed by atoms with E-state index in [0.717, 1.165) is 11.6 Å². The molecule has 96 valence electrons. The van der Waals surface area contributed by atoms with Crippen molar-refractivity contribution >= 4 is 12.0 Å². The second-order valence-electron chi connectivity index (χ2n) is 3.85. The number of hydrogen-bond donors (Lipinski definition) is 1. The van der Waals surface area contributed by atoms with Gasteiger partial charge in [0.05, 0.1) is 6.20 Å². The van der Waals surface area contributed by atoms with Gasteiger partial charge in [-0.25, -0.2) is 9.78 Å². The number of carboxylic acids is 1. The fraction of sp³-hybridized carbons (Fsp3) is 0.0714. The maximum absolute atomic E-state index is 10.4. The standard InChI is InChI=1S/C14H12N2O3/c1-10-7-11(4-5-13(17)18)8-16-14(10)19-12-3-2-6-15-9-12/h2-9H,1H3,(H,17,18)/b5-4+. The van der Waals surface area contributed by atoms with Crippen LogP contribution < -0.4 is 4.74 Å². The Bertz CT molecular complexity index is 609. The van der Waals surface area contributed by atoms with Crippen LogP contribution in [0.1, 0.15) is 11.1 Å². The predicted octanol–water partition coefficient (Wildman–Crippen LogP) is 2.68. The summed E-state index contributed by atoms with van der Waals surface area (Å²) >= 11 is 0. The second kappa shape index (κ2) is 5.77. The van der Waals surface area contributed by atoms with Gasteiger partial charge in [-0.3, -0.25) is 4.98 Å². The van der Waals surface area contributed by atoms with E-state index < -0.39 is 5.97 Å². The van der Waals surface area contributed by atoms with Crippen molar-refractivity contribution in [3.8, 4) is 11.6 Å². The summed E-state index contributed by atoms with van der Waals surface area (Å²) < 4.78 is 5.58. The molecule has 2 heterocycles. The molecule has 0 aromatic carbocycles. The Balaban J connectivity index is 2.18. The van der Waals surface area contributed by atoms with Gasteiger partial charge in [-0.05, 0) is 36.8 Å². The Kier molecular flexibility index (Phi) is 3.87. The van der Waals surface area contributed by atoms with Crippen LogP contribution in [0, 0.1) is 6.92 Å². The van der Waals surface area contributed by atoms with Gasteiger partial charge >= 0.3 is 5.97 Å². The van der Waals surface area contributed by atoms with Crippen LogP contribution in [0.4, 0.5) is 0 Å². The summed E-state index contributed by atoms with van der Waals surface area (Å²) in [7, 11) is 0. The molecule has 5 heteroatoms. The fourth-order valence-electron chi connectivity index (χ4n) is 1.47. The Labute approximate surface area is 110 Å². The van der Waals surface area contributed by atoms with Gasteiger partial charge in [-0.1, -0.05) is 0 Å². The molecule has 2 rings (SSSR count). The molecule has 2 aromatic heterocycles. The van der Waals surface area contributed by atoms with E-state index in [9.17, 15) is 4.79 Å². The number of carbonyl (C=O) groups is 1. The van der Waals surface area contributed by atoms with Crippen molar-refractivity contribution in [2.45, 2.75) is 6.92 Å². The maximum Gasteiger partial charge on any atom is 0.328 e. The van der Waals surface area contributed by atoms with Crippen molar-refractivity contribution in [3.05, 3.63) is 54.0 Å². The Morgan fingerprint density at radius 3 is 2.89 bits per heavy atom. The van der Waals surface area contributed by atoms with E-state index in [0.29, 0.717) is 17.2 Å². The first-order chi connectivity index (χ1) is 9.15. The Morgan fingerprint density at radius 1 is 1.42 bits per heavy atom. The number of carboxylic acid groups (broad SMARTS) is 1. The minimum absolute atomic E-state index is 0.473. The molecule has 0 radical (unpaired) electrons. The molecular weight excluding hydrogens is 244 g/mol. The fourth-order valence-corrected chi connectivity index (χ4v) is 1.47. The first kappa shape index (κ1) is 12.8. The Morgan fingerprint density at radius 2 is 2.26 bits per heavy atom. The quantitative estimate of drug-likeness (QED) is 0.851. The van der Waals surface area contributed by atoms with Crippen molar-refractivity contribution < 1.29 is 14.6 Å². The topological polar surface area (TPSA) is 72.3 Å². The molecule has 0 saturated carbocycles. The van der Waals surface area contributed by atoms with Gasteiger partial charge in [0.2, 0.25) is 5.88 Å². The molecule has 5 nitrogen and oxygen atoms in total. The van der Waals surface area contributed by atoms with Crippen LogP contribution in [0.15, 0.2) is 42.9 Å². The zero-order valence-corrected chi connectivity index (χ0v) is 10.3.